The summed E-state index contributed by atoms with van der Waals surface area (Å²) in [6, 6.07) is 8.64. The van der Waals surface area contributed by atoms with Crippen molar-refractivity contribution in [1.29, 1.82) is 0 Å². The highest BCUT2D eigenvalue weighted by Crippen LogP contribution is 2.37. The normalized spacial score (nSPS) is 24.1. The van der Waals surface area contributed by atoms with E-state index >= 15 is 0 Å². The van der Waals surface area contributed by atoms with Crippen molar-refractivity contribution in [3.05, 3.63) is 35.4 Å². The molecule has 0 spiro atoms. The number of hydrogen-bond donors (Lipinski definition) is 0. The van der Waals surface area contributed by atoms with Crippen LogP contribution >= 0.6 is 0 Å². The molecule has 3 aliphatic rings. The maximum absolute atomic E-state index is 13.9. The zero-order valence-electron chi connectivity index (χ0n) is 16.8. The fourth-order valence-corrected chi connectivity index (χ4v) is 5.19. The standard InChI is InChI=1S/C22H33N3O2/c1-3-23-12-14-25(15-13-23)22(16-18-6-4-5-7-19(18)17-22)21(26)24-10-8-20(27-2)9-11-24/h4-7,20H,3,8-17H2,1-2H3. The molecule has 148 valence electrons. The van der Waals surface area contributed by atoms with Crippen molar-refractivity contribution in [2.24, 2.45) is 0 Å². The Morgan fingerprint density at radius 2 is 1.63 bits per heavy atom. The molecule has 0 bridgehead atoms. The molecule has 2 saturated heterocycles. The van der Waals surface area contributed by atoms with Gasteiger partial charge in [-0.15, -0.1) is 0 Å². The number of nitrogens with zero attached hydrogens (tertiary/aromatic N) is 3. The molecule has 2 heterocycles. The molecule has 1 aromatic rings. The number of piperazine rings is 1. The van der Waals surface area contributed by atoms with Gasteiger partial charge in [-0.1, -0.05) is 31.2 Å². The quantitative estimate of drug-likeness (QED) is 0.809. The molecular weight excluding hydrogens is 338 g/mol. The van der Waals surface area contributed by atoms with Gasteiger partial charge in [-0.3, -0.25) is 9.69 Å². The van der Waals surface area contributed by atoms with E-state index in [1.807, 2.05) is 0 Å². The fraction of sp³-hybridized carbons (Fsp3) is 0.682. The third-order valence-corrected chi connectivity index (χ3v) is 6.97. The van der Waals surface area contributed by atoms with Crippen molar-refractivity contribution < 1.29 is 9.53 Å². The van der Waals surface area contributed by atoms with Crippen molar-refractivity contribution in [2.75, 3.05) is 52.9 Å². The predicted molar refractivity (Wildman–Crippen MR) is 107 cm³/mol. The average Bonchev–Trinajstić information content (AvgIpc) is 3.14. The van der Waals surface area contributed by atoms with E-state index in [-0.39, 0.29) is 5.54 Å². The van der Waals surface area contributed by atoms with E-state index in [1.165, 1.54) is 11.1 Å². The van der Waals surface area contributed by atoms with E-state index in [9.17, 15) is 4.79 Å². The van der Waals surface area contributed by atoms with Gasteiger partial charge in [-0.25, -0.2) is 0 Å². The number of likely N-dealkylation sites (tertiary alicyclic amines) is 1. The molecule has 1 aliphatic carbocycles. The number of likely N-dealkylation sites (N-methyl/N-ethyl adjacent to an activating group) is 1. The minimum absolute atomic E-state index is 0.305. The maximum atomic E-state index is 13.9. The van der Waals surface area contributed by atoms with Gasteiger partial charge in [-0.2, -0.15) is 0 Å². The van der Waals surface area contributed by atoms with Gasteiger partial charge >= 0.3 is 0 Å². The second-order valence-corrected chi connectivity index (χ2v) is 8.30. The van der Waals surface area contributed by atoms with Crippen LogP contribution in [0.1, 0.15) is 30.9 Å². The summed E-state index contributed by atoms with van der Waals surface area (Å²) in [7, 11) is 1.78. The molecule has 1 amide bonds. The second kappa shape index (κ2) is 7.90. The van der Waals surface area contributed by atoms with Gasteiger partial charge in [0.25, 0.3) is 0 Å². The minimum atomic E-state index is -0.385. The summed E-state index contributed by atoms with van der Waals surface area (Å²) in [6.07, 6.45) is 3.93. The first kappa shape index (κ1) is 18.9. The minimum Gasteiger partial charge on any atom is -0.381 e. The molecule has 0 saturated carbocycles. The highest BCUT2D eigenvalue weighted by atomic mass is 16.5. The second-order valence-electron chi connectivity index (χ2n) is 8.30. The number of rotatable bonds is 4. The topological polar surface area (TPSA) is 36.0 Å². The smallest absolute Gasteiger partial charge is 0.243 e. The number of piperidine rings is 1. The van der Waals surface area contributed by atoms with Gasteiger partial charge in [0.2, 0.25) is 5.91 Å². The van der Waals surface area contributed by atoms with E-state index in [2.05, 4.69) is 45.9 Å². The Morgan fingerprint density at radius 1 is 1.04 bits per heavy atom. The average molecular weight is 372 g/mol. The Morgan fingerprint density at radius 3 is 2.15 bits per heavy atom. The Bertz CT molecular complexity index is 636. The Hall–Kier alpha value is -1.43. The van der Waals surface area contributed by atoms with Crippen molar-refractivity contribution in [1.82, 2.24) is 14.7 Å². The molecule has 0 radical (unpaired) electrons. The zero-order valence-corrected chi connectivity index (χ0v) is 16.8. The predicted octanol–water partition coefficient (Wildman–Crippen LogP) is 1.80. The Labute approximate surface area is 163 Å². The summed E-state index contributed by atoms with van der Waals surface area (Å²) in [5, 5.41) is 0. The van der Waals surface area contributed by atoms with E-state index in [0.29, 0.717) is 12.0 Å². The van der Waals surface area contributed by atoms with Crippen LogP contribution in [0.15, 0.2) is 24.3 Å². The van der Waals surface area contributed by atoms with Crippen LogP contribution < -0.4 is 0 Å². The zero-order chi connectivity index (χ0) is 18.9. The number of ether oxygens (including phenoxy) is 1. The van der Waals surface area contributed by atoms with E-state index < -0.39 is 0 Å². The van der Waals surface area contributed by atoms with Crippen LogP contribution in [0.5, 0.6) is 0 Å². The molecule has 0 unspecified atom stereocenters. The van der Waals surface area contributed by atoms with Crippen molar-refractivity contribution >= 4 is 5.91 Å². The molecule has 5 nitrogen and oxygen atoms in total. The molecule has 27 heavy (non-hydrogen) atoms. The lowest BCUT2D eigenvalue weighted by Crippen LogP contribution is -2.65. The number of carbonyl (C=O) groups is 1. The third kappa shape index (κ3) is 3.53. The lowest BCUT2D eigenvalue weighted by molar-refractivity contribution is -0.148. The summed E-state index contributed by atoms with van der Waals surface area (Å²) in [4.78, 5) is 21.0. The van der Waals surface area contributed by atoms with Gasteiger partial charge < -0.3 is 14.5 Å². The first-order chi connectivity index (χ1) is 13.2. The Kier molecular flexibility index (Phi) is 5.53. The summed E-state index contributed by atoms with van der Waals surface area (Å²) < 4.78 is 5.51. The van der Waals surface area contributed by atoms with Crippen LogP contribution in [0.25, 0.3) is 0 Å². The number of benzene rings is 1. The van der Waals surface area contributed by atoms with Gasteiger partial charge in [0.15, 0.2) is 0 Å². The first-order valence-electron chi connectivity index (χ1n) is 10.5. The largest absolute Gasteiger partial charge is 0.381 e. The van der Waals surface area contributed by atoms with Crippen LogP contribution in [0.3, 0.4) is 0 Å². The molecule has 2 fully saturated rings. The van der Waals surface area contributed by atoms with E-state index in [1.54, 1.807) is 7.11 Å². The molecule has 0 aromatic heterocycles. The van der Waals surface area contributed by atoms with Gasteiger partial charge in [0, 0.05) is 59.2 Å². The van der Waals surface area contributed by atoms with Crippen LogP contribution in [0.2, 0.25) is 0 Å². The van der Waals surface area contributed by atoms with E-state index in [4.69, 9.17) is 4.74 Å². The van der Waals surface area contributed by atoms with Gasteiger partial charge in [-0.05, 0) is 30.5 Å². The first-order valence-corrected chi connectivity index (χ1v) is 10.5. The summed E-state index contributed by atoms with van der Waals surface area (Å²) in [5.41, 5.74) is 2.33. The highest BCUT2D eigenvalue weighted by Gasteiger charge is 2.50. The number of methoxy groups -OCH3 is 1. The molecule has 5 heteroatoms. The monoisotopic (exact) mass is 371 g/mol. The van der Waals surface area contributed by atoms with Crippen LogP contribution in [0, 0.1) is 0 Å². The summed E-state index contributed by atoms with van der Waals surface area (Å²) in [5.74, 6) is 0.346. The molecule has 0 N–H and O–H groups in total. The lowest BCUT2D eigenvalue weighted by atomic mass is 9.89. The van der Waals surface area contributed by atoms with Crippen LogP contribution in [-0.4, -0.2) is 85.2 Å². The molecule has 1 aromatic carbocycles. The maximum Gasteiger partial charge on any atom is 0.243 e. The number of amides is 1. The van der Waals surface area contributed by atoms with Crippen molar-refractivity contribution in [2.45, 2.75) is 44.2 Å². The fourth-order valence-electron chi connectivity index (χ4n) is 5.19. The number of hydrogen-bond acceptors (Lipinski definition) is 4. The van der Waals surface area contributed by atoms with Crippen molar-refractivity contribution in [3.63, 3.8) is 0 Å². The third-order valence-electron chi connectivity index (χ3n) is 6.97. The summed E-state index contributed by atoms with van der Waals surface area (Å²) >= 11 is 0. The lowest BCUT2D eigenvalue weighted by Gasteiger charge is -2.47. The highest BCUT2D eigenvalue weighted by molar-refractivity contribution is 5.88. The molecule has 2 aliphatic heterocycles. The molecular formula is C22H33N3O2. The van der Waals surface area contributed by atoms with Crippen molar-refractivity contribution in [3.8, 4) is 0 Å². The van der Waals surface area contributed by atoms with Gasteiger partial charge in [0.05, 0.1) is 6.10 Å². The van der Waals surface area contributed by atoms with E-state index in [0.717, 1.165) is 71.5 Å². The SMILES string of the molecule is CCN1CCN(C2(C(=O)N3CCC(OC)CC3)Cc3ccccc3C2)CC1. The van der Waals surface area contributed by atoms with Crippen LogP contribution in [0.4, 0.5) is 0 Å². The number of carbonyl (C=O) groups excluding carboxylic acids is 1. The Balaban J connectivity index is 1.57. The number of fused-ring (bicyclic) bond motifs is 1. The van der Waals surface area contributed by atoms with Crippen LogP contribution in [-0.2, 0) is 22.4 Å². The summed E-state index contributed by atoms with van der Waals surface area (Å²) in [6.45, 7) is 9.07. The van der Waals surface area contributed by atoms with Gasteiger partial charge in [0.1, 0.15) is 5.54 Å². The molecule has 0 atom stereocenters. The molecule has 4 rings (SSSR count).